The normalized spacial score (nSPS) is 11.1. The molecule has 0 N–H and O–H groups in total. The van der Waals surface area contributed by atoms with Crippen molar-refractivity contribution >= 4 is 43.6 Å². The molecule has 3 heteroatoms. The molecule has 1 aromatic heterocycles. The molecular weight excluding hydrogens is 338 g/mol. The van der Waals surface area contributed by atoms with E-state index in [0.717, 1.165) is 26.3 Å². The average Bonchev–Trinajstić information content (AvgIpc) is 2.88. The van der Waals surface area contributed by atoms with Gasteiger partial charge in [-0.15, -0.1) is 0 Å². The second-order valence-electron chi connectivity index (χ2n) is 5.19. The molecule has 0 bridgehead atoms. The van der Waals surface area contributed by atoms with Crippen molar-refractivity contribution < 1.29 is 4.79 Å². The number of para-hydroxylation sites is 1. The topological polar surface area (TPSA) is 22.0 Å². The molecule has 4 rings (SSSR count). The second-order valence-corrected chi connectivity index (χ2v) is 6.10. The van der Waals surface area contributed by atoms with Crippen LogP contribution in [-0.4, -0.2) is 10.5 Å². The minimum absolute atomic E-state index is 0.00935. The molecule has 0 aliphatic heterocycles. The van der Waals surface area contributed by atoms with Crippen LogP contribution in [0.5, 0.6) is 0 Å². The van der Waals surface area contributed by atoms with Gasteiger partial charge in [0.05, 0.1) is 11.0 Å². The maximum atomic E-state index is 13.0. The van der Waals surface area contributed by atoms with E-state index < -0.39 is 0 Å². The summed E-state index contributed by atoms with van der Waals surface area (Å²) in [5.41, 5.74) is 2.54. The van der Waals surface area contributed by atoms with E-state index in [1.807, 2.05) is 60.7 Å². The van der Waals surface area contributed by atoms with E-state index in [1.165, 1.54) is 0 Å². The van der Waals surface area contributed by atoms with E-state index in [1.54, 1.807) is 4.57 Å². The molecule has 2 nitrogen and oxygen atoms in total. The van der Waals surface area contributed by atoms with Gasteiger partial charge in [-0.25, -0.2) is 0 Å². The Bertz CT molecular complexity index is 1000. The van der Waals surface area contributed by atoms with Crippen LogP contribution in [0, 0.1) is 0 Å². The first-order chi connectivity index (χ1) is 10.8. The Morgan fingerprint density at radius 3 is 2.27 bits per heavy atom. The summed E-state index contributed by atoms with van der Waals surface area (Å²) in [6.07, 6.45) is 0. The van der Waals surface area contributed by atoms with Crippen molar-refractivity contribution in [3.05, 3.63) is 82.8 Å². The molecule has 3 aromatic carbocycles. The summed E-state index contributed by atoms with van der Waals surface area (Å²) in [5.74, 6) is -0.00935. The van der Waals surface area contributed by atoms with Crippen LogP contribution < -0.4 is 0 Å². The summed E-state index contributed by atoms with van der Waals surface area (Å²) in [6.45, 7) is 0. The molecule has 0 saturated heterocycles. The lowest BCUT2D eigenvalue weighted by Crippen LogP contribution is -2.11. The van der Waals surface area contributed by atoms with Gasteiger partial charge >= 0.3 is 0 Å². The number of rotatable bonds is 1. The molecule has 0 radical (unpaired) electrons. The zero-order valence-electron chi connectivity index (χ0n) is 11.7. The fraction of sp³-hybridized carbons (Fsp3) is 0. The molecule has 0 unspecified atom stereocenters. The van der Waals surface area contributed by atoms with Crippen molar-refractivity contribution in [2.24, 2.45) is 0 Å². The fourth-order valence-electron chi connectivity index (χ4n) is 2.87. The maximum absolute atomic E-state index is 13.0. The Kier molecular flexibility index (Phi) is 3.09. The predicted molar refractivity (Wildman–Crippen MR) is 93.3 cm³/mol. The largest absolute Gasteiger partial charge is 0.276 e. The zero-order valence-corrected chi connectivity index (χ0v) is 13.2. The van der Waals surface area contributed by atoms with Gasteiger partial charge in [-0.1, -0.05) is 58.4 Å². The van der Waals surface area contributed by atoms with Crippen LogP contribution in [0.3, 0.4) is 0 Å². The number of benzene rings is 3. The number of halogens is 1. The Morgan fingerprint density at radius 1 is 0.773 bits per heavy atom. The molecule has 0 atom stereocenters. The number of hydrogen-bond acceptors (Lipinski definition) is 1. The molecule has 0 fully saturated rings. The Hall–Kier alpha value is -2.39. The van der Waals surface area contributed by atoms with Crippen LogP contribution in [0.4, 0.5) is 0 Å². The van der Waals surface area contributed by atoms with E-state index in [4.69, 9.17) is 0 Å². The van der Waals surface area contributed by atoms with E-state index >= 15 is 0 Å². The molecule has 0 aliphatic carbocycles. The predicted octanol–water partition coefficient (Wildman–Crippen LogP) is 5.25. The molecule has 22 heavy (non-hydrogen) atoms. The van der Waals surface area contributed by atoms with Crippen LogP contribution in [0.2, 0.25) is 0 Å². The highest BCUT2D eigenvalue weighted by Gasteiger charge is 2.17. The third kappa shape index (κ3) is 1.97. The van der Waals surface area contributed by atoms with Crippen LogP contribution in [0.15, 0.2) is 77.3 Å². The quantitative estimate of drug-likeness (QED) is 0.460. The van der Waals surface area contributed by atoms with Crippen molar-refractivity contribution in [2.45, 2.75) is 0 Å². The van der Waals surface area contributed by atoms with Gasteiger partial charge in [-0.05, 0) is 30.3 Å². The van der Waals surface area contributed by atoms with Gasteiger partial charge < -0.3 is 0 Å². The monoisotopic (exact) mass is 349 g/mol. The Balaban J connectivity index is 2.10. The summed E-state index contributed by atoms with van der Waals surface area (Å²) >= 11 is 3.50. The molecule has 0 saturated carbocycles. The van der Waals surface area contributed by atoms with Crippen molar-refractivity contribution in [2.75, 3.05) is 0 Å². The number of carbonyl (C=O) groups excluding carboxylic acids is 1. The maximum Gasteiger partial charge on any atom is 0.262 e. The number of nitrogens with zero attached hydrogens (tertiary/aromatic N) is 1. The molecule has 4 aromatic rings. The first-order valence-corrected chi connectivity index (χ1v) is 7.83. The number of aromatic nitrogens is 1. The molecule has 1 heterocycles. The van der Waals surface area contributed by atoms with Gasteiger partial charge in [0, 0.05) is 20.8 Å². The summed E-state index contributed by atoms with van der Waals surface area (Å²) < 4.78 is 2.76. The number of hydrogen-bond donors (Lipinski definition) is 0. The summed E-state index contributed by atoms with van der Waals surface area (Å²) in [5, 5.41) is 2.18. The van der Waals surface area contributed by atoms with E-state index in [9.17, 15) is 4.79 Å². The average molecular weight is 350 g/mol. The molecule has 0 spiro atoms. The van der Waals surface area contributed by atoms with Gasteiger partial charge in [0.2, 0.25) is 0 Å². The van der Waals surface area contributed by atoms with E-state index in [-0.39, 0.29) is 5.91 Å². The number of fused-ring (bicyclic) bond motifs is 3. The number of carbonyl (C=O) groups is 1. The van der Waals surface area contributed by atoms with Crippen molar-refractivity contribution in [1.29, 1.82) is 0 Å². The standard InChI is InChI=1S/C19H12BrNO/c20-14-10-11-16-15-8-4-5-9-17(15)21(18(16)12-14)19(22)13-6-2-1-3-7-13/h1-12H. The van der Waals surface area contributed by atoms with E-state index in [0.29, 0.717) is 5.56 Å². The zero-order chi connectivity index (χ0) is 15.1. The smallest absolute Gasteiger partial charge is 0.262 e. The molecular formula is C19H12BrNO. The highest BCUT2D eigenvalue weighted by molar-refractivity contribution is 9.10. The Morgan fingerprint density at radius 2 is 1.45 bits per heavy atom. The van der Waals surface area contributed by atoms with Crippen LogP contribution in [0.1, 0.15) is 10.4 Å². The lowest BCUT2D eigenvalue weighted by atomic mass is 10.2. The van der Waals surface area contributed by atoms with Crippen molar-refractivity contribution in [1.82, 2.24) is 4.57 Å². The highest BCUT2D eigenvalue weighted by atomic mass is 79.9. The molecule has 0 aliphatic rings. The minimum Gasteiger partial charge on any atom is -0.276 e. The molecule has 106 valence electrons. The van der Waals surface area contributed by atoms with Crippen molar-refractivity contribution in [3.8, 4) is 0 Å². The third-order valence-corrected chi connectivity index (χ3v) is 4.35. The SMILES string of the molecule is O=C(c1ccccc1)n1c2ccccc2c2ccc(Br)cc21. The van der Waals surface area contributed by atoms with Gasteiger partial charge in [0.1, 0.15) is 0 Å². The molecule has 0 amide bonds. The minimum atomic E-state index is -0.00935. The van der Waals surface area contributed by atoms with Gasteiger partial charge in [0.15, 0.2) is 0 Å². The lowest BCUT2D eigenvalue weighted by molar-refractivity contribution is 0.0969. The lowest BCUT2D eigenvalue weighted by Gasteiger charge is -2.06. The summed E-state index contributed by atoms with van der Waals surface area (Å²) in [6, 6.07) is 23.4. The third-order valence-electron chi connectivity index (χ3n) is 3.86. The summed E-state index contributed by atoms with van der Waals surface area (Å²) in [4.78, 5) is 13.0. The van der Waals surface area contributed by atoms with E-state index in [2.05, 4.69) is 28.1 Å². The first-order valence-electron chi connectivity index (χ1n) is 7.04. The van der Waals surface area contributed by atoms with Gasteiger partial charge in [-0.3, -0.25) is 9.36 Å². The van der Waals surface area contributed by atoms with Gasteiger partial charge in [0.25, 0.3) is 5.91 Å². The summed E-state index contributed by atoms with van der Waals surface area (Å²) in [7, 11) is 0. The van der Waals surface area contributed by atoms with Crippen LogP contribution in [-0.2, 0) is 0 Å². The highest BCUT2D eigenvalue weighted by Crippen LogP contribution is 2.31. The first kappa shape index (κ1) is 13.3. The van der Waals surface area contributed by atoms with Crippen molar-refractivity contribution in [3.63, 3.8) is 0 Å². The second kappa shape index (κ2) is 5.11. The van der Waals surface area contributed by atoms with Gasteiger partial charge in [-0.2, -0.15) is 0 Å². The fourth-order valence-corrected chi connectivity index (χ4v) is 3.22. The van der Waals surface area contributed by atoms with Crippen LogP contribution >= 0.6 is 15.9 Å². The van der Waals surface area contributed by atoms with Crippen LogP contribution in [0.25, 0.3) is 21.8 Å². The Labute approximate surface area is 136 Å².